The van der Waals surface area contributed by atoms with Crippen molar-refractivity contribution in [3.05, 3.63) is 12.2 Å². The van der Waals surface area contributed by atoms with E-state index in [1.165, 1.54) is 0 Å². The van der Waals surface area contributed by atoms with Crippen LogP contribution < -0.4 is 0 Å². The molecule has 0 heterocycles. The van der Waals surface area contributed by atoms with Gasteiger partial charge in [-0.05, 0) is 24.4 Å². The highest BCUT2D eigenvalue weighted by Gasteiger charge is 2.56. The largest absolute Gasteiger partial charge is 0.415 e. The van der Waals surface area contributed by atoms with E-state index in [9.17, 15) is 4.79 Å². The molecule has 4 heteroatoms. The van der Waals surface area contributed by atoms with Gasteiger partial charge in [-0.1, -0.05) is 32.9 Å². The van der Waals surface area contributed by atoms with E-state index in [1.807, 2.05) is 11.8 Å². The highest BCUT2D eigenvalue weighted by Crippen LogP contribution is 2.53. The van der Waals surface area contributed by atoms with E-state index in [0.29, 0.717) is 18.1 Å². The number of carbonyl (C=O) groups is 1. The van der Waals surface area contributed by atoms with Crippen molar-refractivity contribution in [2.24, 2.45) is 11.8 Å². The van der Waals surface area contributed by atoms with Crippen LogP contribution in [0, 0.1) is 11.8 Å². The van der Waals surface area contributed by atoms with Crippen molar-refractivity contribution >= 4 is 25.9 Å². The Morgan fingerprint density at radius 1 is 1.42 bits per heavy atom. The topological polar surface area (TPSA) is 26.3 Å². The van der Waals surface area contributed by atoms with Crippen LogP contribution in [-0.2, 0) is 9.22 Å². The number of rotatable bonds is 4. The zero-order chi connectivity index (χ0) is 14.5. The Morgan fingerprint density at radius 3 is 2.42 bits per heavy atom. The monoisotopic (exact) mass is 298 g/mol. The third-order valence-electron chi connectivity index (χ3n) is 5.30. The molecule has 0 amide bonds. The standard InChI is InChI=1S/C15H26O2SSi/c1-14(2,3)19(5,6)17-10-15(18-4)11-7-8-12(15)13(16)9-11/h7-8,11-12H,9-10H2,1-6H3/t11-,12-,15+/m0/s1. The van der Waals surface area contributed by atoms with E-state index in [1.54, 1.807) is 0 Å². The summed E-state index contributed by atoms with van der Waals surface area (Å²) in [7, 11) is -1.74. The van der Waals surface area contributed by atoms with E-state index in [2.05, 4.69) is 52.3 Å². The molecule has 0 unspecified atom stereocenters. The number of ketones is 1. The first-order valence-corrected chi connectivity index (χ1v) is 11.2. The molecule has 0 aromatic carbocycles. The molecule has 3 atom stereocenters. The van der Waals surface area contributed by atoms with Crippen molar-refractivity contribution in [3.63, 3.8) is 0 Å². The van der Waals surface area contributed by atoms with Gasteiger partial charge in [-0.3, -0.25) is 4.79 Å². The second-order valence-electron chi connectivity index (χ2n) is 7.35. The van der Waals surface area contributed by atoms with Crippen LogP contribution in [0.1, 0.15) is 27.2 Å². The van der Waals surface area contributed by atoms with E-state index < -0.39 is 8.32 Å². The van der Waals surface area contributed by atoms with Gasteiger partial charge in [0.1, 0.15) is 5.78 Å². The van der Waals surface area contributed by atoms with Gasteiger partial charge in [0, 0.05) is 12.3 Å². The maximum atomic E-state index is 12.0. The summed E-state index contributed by atoms with van der Waals surface area (Å²) in [5, 5.41) is 0.224. The normalized spacial score (nSPS) is 34.3. The van der Waals surface area contributed by atoms with Crippen molar-refractivity contribution in [1.29, 1.82) is 0 Å². The Hall–Kier alpha value is -0.0631. The first-order chi connectivity index (χ1) is 8.64. The van der Waals surface area contributed by atoms with E-state index in [0.717, 1.165) is 6.61 Å². The van der Waals surface area contributed by atoms with Crippen LogP contribution in [0.3, 0.4) is 0 Å². The van der Waals surface area contributed by atoms with Crippen LogP contribution in [-0.4, -0.2) is 31.7 Å². The molecule has 2 aliphatic rings. The molecule has 2 rings (SSSR count). The van der Waals surface area contributed by atoms with Gasteiger partial charge in [-0.15, -0.1) is 0 Å². The fraction of sp³-hybridized carbons (Fsp3) is 0.800. The lowest BCUT2D eigenvalue weighted by molar-refractivity contribution is -0.120. The summed E-state index contributed by atoms with van der Waals surface area (Å²) < 4.78 is 6.41. The van der Waals surface area contributed by atoms with Crippen LogP contribution >= 0.6 is 11.8 Å². The summed E-state index contributed by atoms with van der Waals surface area (Å²) in [6.45, 7) is 12.1. The number of Topliss-reactive ketones (excluding diaryl/α,β-unsaturated/α-hetero) is 1. The molecule has 108 valence electrons. The second-order valence-corrected chi connectivity index (χ2v) is 13.3. The van der Waals surface area contributed by atoms with E-state index in [-0.39, 0.29) is 15.7 Å². The van der Waals surface area contributed by atoms with E-state index in [4.69, 9.17) is 4.43 Å². The number of carbonyl (C=O) groups excluding carboxylic acids is 1. The highest BCUT2D eigenvalue weighted by molar-refractivity contribution is 8.00. The number of thioether (sulfide) groups is 1. The molecule has 0 aliphatic heterocycles. The predicted molar refractivity (Wildman–Crippen MR) is 85.1 cm³/mol. The third-order valence-corrected chi connectivity index (χ3v) is 11.2. The summed E-state index contributed by atoms with van der Waals surface area (Å²) >= 11 is 1.83. The van der Waals surface area contributed by atoms with Crippen molar-refractivity contribution in [2.45, 2.75) is 50.1 Å². The van der Waals surface area contributed by atoms with Gasteiger partial charge < -0.3 is 4.43 Å². The zero-order valence-electron chi connectivity index (χ0n) is 12.9. The maximum Gasteiger partial charge on any atom is 0.192 e. The molecule has 0 spiro atoms. The quantitative estimate of drug-likeness (QED) is 0.582. The smallest absolute Gasteiger partial charge is 0.192 e. The van der Waals surface area contributed by atoms with Gasteiger partial charge in [0.25, 0.3) is 0 Å². The molecule has 2 bridgehead atoms. The Bertz CT molecular complexity index is 411. The lowest BCUT2D eigenvalue weighted by Crippen LogP contribution is -2.47. The van der Waals surface area contributed by atoms with Crippen molar-refractivity contribution in [1.82, 2.24) is 0 Å². The Labute approximate surface area is 122 Å². The molecule has 0 aromatic rings. The Kier molecular flexibility index (Phi) is 3.83. The lowest BCUT2D eigenvalue weighted by Gasteiger charge is -2.41. The average molecular weight is 299 g/mol. The first kappa shape index (κ1) is 15.3. The average Bonchev–Trinajstić information content (AvgIpc) is 2.76. The summed E-state index contributed by atoms with van der Waals surface area (Å²) in [5.74, 6) is 0.864. The van der Waals surface area contributed by atoms with Crippen LogP contribution in [0.25, 0.3) is 0 Å². The first-order valence-electron chi connectivity index (χ1n) is 7.04. The molecule has 0 saturated heterocycles. The minimum Gasteiger partial charge on any atom is -0.415 e. The zero-order valence-corrected chi connectivity index (χ0v) is 14.8. The van der Waals surface area contributed by atoms with Crippen molar-refractivity contribution in [2.75, 3.05) is 12.9 Å². The number of allylic oxidation sites excluding steroid dienone is 2. The SMILES string of the molecule is CS[C@]1(CO[Si](C)(C)C(C)(C)C)[C@H]2C=C[C@H]1C(=O)C2. The van der Waals surface area contributed by atoms with Crippen LogP contribution in [0.4, 0.5) is 0 Å². The summed E-state index contributed by atoms with van der Waals surface area (Å²) in [5.41, 5.74) is 0. The Morgan fingerprint density at radius 2 is 2.05 bits per heavy atom. The maximum absolute atomic E-state index is 12.0. The number of hydrogen-bond donors (Lipinski definition) is 0. The molecule has 0 radical (unpaired) electrons. The third kappa shape index (κ3) is 2.36. The minimum absolute atomic E-state index is 0.0212. The molecule has 2 aliphatic carbocycles. The number of hydrogen-bond acceptors (Lipinski definition) is 3. The molecule has 0 N–H and O–H groups in total. The van der Waals surface area contributed by atoms with Gasteiger partial charge in [-0.2, -0.15) is 11.8 Å². The molecular weight excluding hydrogens is 272 g/mol. The van der Waals surface area contributed by atoms with Gasteiger partial charge in [0.2, 0.25) is 0 Å². The molecule has 1 fully saturated rings. The van der Waals surface area contributed by atoms with Crippen molar-refractivity contribution in [3.8, 4) is 0 Å². The molecule has 2 nitrogen and oxygen atoms in total. The van der Waals surface area contributed by atoms with Gasteiger partial charge in [0.15, 0.2) is 8.32 Å². The van der Waals surface area contributed by atoms with E-state index >= 15 is 0 Å². The molecule has 0 aromatic heterocycles. The van der Waals surface area contributed by atoms with Gasteiger partial charge >= 0.3 is 0 Å². The Balaban J connectivity index is 2.13. The molecule has 1 saturated carbocycles. The van der Waals surface area contributed by atoms with Gasteiger partial charge in [-0.25, -0.2) is 0 Å². The predicted octanol–water partition coefficient (Wildman–Crippen LogP) is 3.89. The number of fused-ring (bicyclic) bond motifs is 2. The second kappa shape index (κ2) is 4.74. The summed E-state index contributed by atoms with van der Waals surface area (Å²) in [6, 6.07) is 0. The summed E-state index contributed by atoms with van der Waals surface area (Å²) in [6.07, 6.45) is 7.18. The van der Waals surface area contributed by atoms with Crippen LogP contribution in [0.2, 0.25) is 18.1 Å². The van der Waals surface area contributed by atoms with Crippen molar-refractivity contribution < 1.29 is 9.22 Å². The lowest BCUT2D eigenvalue weighted by atomic mass is 9.96. The minimum atomic E-state index is -1.74. The van der Waals surface area contributed by atoms with Crippen LogP contribution in [0.5, 0.6) is 0 Å². The molecular formula is C15H26O2SSi. The molecule has 19 heavy (non-hydrogen) atoms. The van der Waals surface area contributed by atoms with Gasteiger partial charge in [0.05, 0.1) is 17.3 Å². The van der Waals surface area contributed by atoms with Crippen LogP contribution in [0.15, 0.2) is 12.2 Å². The fourth-order valence-corrected chi connectivity index (χ4v) is 5.05. The highest BCUT2D eigenvalue weighted by atomic mass is 32.2. The summed E-state index contributed by atoms with van der Waals surface area (Å²) in [4.78, 5) is 12.0. The fourth-order valence-electron chi connectivity index (χ4n) is 2.81.